The molecule has 0 aromatic carbocycles. The lowest BCUT2D eigenvalue weighted by Gasteiger charge is -2.04. The molecule has 1 rings (SSSR count). The number of aliphatic hydroxyl groups excluding tert-OH is 1. The van der Waals surface area contributed by atoms with Crippen molar-refractivity contribution in [2.24, 2.45) is 0 Å². The van der Waals surface area contributed by atoms with Crippen molar-refractivity contribution in [3.05, 3.63) is 23.9 Å². The summed E-state index contributed by atoms with van der Waals surface area (Å²) in [7, 11) is 0. The normalized spacial score (nSPS) is 9.58. The highest BCUT2D eigenvalue weighted by Crippen LogP contribution is 2.06. The summed E-state index contributed by atoms with van der Waals surface area (Å²) in [5.74, 6) is 6.03. The second-order valence-electron chi connectivity index (χ2n) is 3.70. The third kappa shape index (κ3) is 6.55. The molecule has 0 atom stereocenters. The van der Waals surface area contributed by atoms with Gasteiger partial charge >= 0.3 is 0 Å². The SMILES string of the molecule is CCOCCC(=O)Nc1cc(C#CCCO)ccn1. The number of nitrogens with one attached hydrogen (secondary N) is 1. The van der Waals surface area contributed by atoms with Gasteiger partial charge in [-0.25, -0.2) is 4.98 Å². The Morgan fingerprint density at radius 1 is 1.58 bits per heavy atom. The number of anilines is 1. The van der Waals surface area contributed by atoms with Crippen molar-refractivity contribution in [2.75, 3.05) is 25.1 Å². The largest absolute Gasteiger partial charge is 0.395 e. The second-order valence-corrected chi connectivity index (χ2v) is 3.70. The number of nitrogens with zero attached hydrogens (tertiary/aromatic N) is 1. The number of hydrogen-bond acceptors (Lipinski definition) is 4. The van der Waals surface area contributed by atoms with E-state index in [0.29, 0.717) is 31.9 Å². The Labute approximate surface area is 113 Å². The van der Waals surface area contributed by atoms with Crippen LogP contribution >= 0.6 is 0 Å². The maximum absolute atomic E-state index is 11.6. The van der Waals surface area contributed by atoms with Crippen molar-refractivity contribution in [1.29, 1.82) is 0 Å². The summed E-state index contributed by atoms with van der Waals surface area (Å²) in [5, 5.41) is 11.3. The van der Waals surface area contributed by atoms with E-state index in [9.17, 15) is 4.79 Å². The van der Waals surface area contributed by atoms with Gasteiger partial charge in [-0.15, -0.1) is 0 Å². The van der Waals surface area contributed by atoms with E-state index in [1.807, 2.05) is 6.92 Å². The molecule has 0 bridgehead atoms. The van der Waals surface area contributed by atoms with Gasteiger partial charge in [0.25, 0.3) is 0 Å². The van der Waals surface area contributed by atoms with E-state index in [4.69, 9.17) is 9.84 Å². The third-order valence-electron chi connectivity index (χ3n) is 2.17. The molecule has 0 radical (unpaired) electrons. The minimum atomic E-state index is -0.138. The minimum absolute atomic E-state index is 0.0408. The molecule has 0 aliphatic heterocycles. The van der Waals surface area contributed by atoms with E-state index in [1.54, 1.807) is 18.3 Å². The number of aliphatic hydroxyl groups is 1. The number of amides is 1. The molecule has 0 aliphatic rings. The van der Waals surface area contributed by atoms with Crippen LogP contribution in [-0.2, 0) is 9.53 Å². The summed E-state index contributed by atoms with van der Waals surface area (Å²) in [4.78, 5) is 15.6. The van der Waals surface area contributed by atoms with Crippen LogP contribution in [0.15, 0.2) is 18.3 Å². The van der Waals surface area contributed by atoms with Gasteiger partial charge in [-0.3, -0.25) is 4.79 Å². The lowest BCUT2D eigenvalue weighted by atomic mass is 10.2. The molecule has 1 heterocycles. The molecule has 1 aromatic heterocycles. The van der Waals surface area contributed by atoms with Gasteiger partial charge in [0, 0.05) is 24.8 Å². The highest BCUT2D eigenvalue weighted by Gasteiger charge is 2.03. The summed E-state index contributed by atoms with van der Waals surface area (Å²) in [5.41, 5.74) is 0.753. The van der Waals surface area contributed by atoms with Gasteiger partial charge < -0.3 is 15.2 Å². The van der Waals surface area contributed by atoms with Gasteiger partial charge in [-0.1, -0.05) is 11.8 Å². The average molecular weight is 262 g/mol. The van der Waals surface area contributed by atoms with Gasteiger partial charge in [0.2, 0.25) is 5.91 Å². The standard InChI is InChI=1S/C14H18N2O3/c1-2-19-10-7-14(18)16-13-11-12(6-8-15-13)5-3-4-9-17/h6,8,11,17H,2,4,7,9-10H2,1H3,(H,15,16,18). The Kier molecular flexibility index (Phi) is 7.25. The molecule has 1 amide bonds. The molecule has 19 heavy (non-hydrogen) atoms. The molecule has 5 nitrogen and oxygen atoms in total. The van der Waals surface area contributed by atoms with Crippen LogP contribution in [0.1, 0.15) is 25.3 Å². The molecule has 2 N–H and O–H groups in total. The summed E-state index contributed by atoms with van der Waals surface area (Å²) in [6.07, 6.45) is 2.31. The van der Waals surface area contributed by atoms with Crippen LogP contribution in [0.3, 0.4) is 0 Å². The molecule has 5 heteroatoms. The van der Waals surface area contributed by atoms with Crippen molar-refractivity contribution in [3.63, 3.8) is 0 Å². The fourth-order valence-electron chi connectivity index (χ4n) is 1.31. The molecule has 0 fully saturated rings. The second kappa shape index (κ2) is 9.09. The van der Waals surface area contributed by atoms with Crippen LogP contribution < -0.4 is 5.32 Å². The van der Waals surface area contributed by atoms with Gasteiger partial charge in [0.05, 0.1) is 19.6 Å². The quantitative estimate of drug-likeness (QED) is 0.596. The van der Waals surface area contributed by atoms with E-state index < -0.39 is 0 Å². The predicted molar refractivity (Wildman–Crippen MR) is 72.6 cm³/mol. The zero-order valence-corrected chi connectivity index (χ0v) is 11.0. The smallest absolute Gasteiger partial charge is 0.227 e. The molecule has 0 saturated carbocycles. The number of carbonyl (C=O) groups excluding carboxylic acids is 1. The summed E-state index contributed by atoms with van der Waals surface area (Å²) < 4.78 is 5.10. The van der Waals surface area contributed by atoms with Crippen LogP contribution in [0.4, 0.5) is 5.82 Å². The van der Waals surface area contributed by atoms with E-state index in [0.717, 1.165) is 5.56 Å². The Balaban J connectivity index is 2.52. The molecule has 0 unspecified atom stereocenters. The zero-order chi connectivity index (χ0) is 13.9. The van der Waals surface area contributed by atoms with Gasteiger partial charge in [-0.05, 0) is 19.1 Å². The maximum Gasteiger partial charge on any atom is 0.227 e. The fraction of sp³-hybridized carbons (Fsp3) is 0.429. The van der Waals surface area contributed by atoms with E-state index in [-0.39, 0.29) is 12.5 Å². The molecule has 0 aliphatic carbocycles. The van der Waals surface area contributed by atoms with Crippen molar-refractivity contribution < 1.29 is 14.6 Å². The van der Waals surface area contributed by atoms with Crippen LogP contribution in [0.2, 0.25) is 0 Å². The first-order valence-corrected chi connectivity index (χ1v) is 6.19. The summed E-state index contributed by atoms with van der Waals surface area (Å²) >= 11 is 0. The van der Waals surface area contributed by atoms with Crippen molar-refractivity contribution in [1.82, 2.24) is 4.98 Å². The monoisotopic (exact) mass is 262 g/mol. The first-order chi connectivity index (χ1) is 9.26. The average Bonchev–Trinajstić information content (AvgIpc) is 2.40. The fourth-order valence-corrected chi connectivity index (χ4v) is 1.31. The lowest BCUT2D eigenvalue weighted by molar-refractivity contribution is -0.117. The summed E-state index contributed by atoms with van der Waals surface area (Å²) in [6, 6.07) is 3.45. The van der Waals surface area contributed by atoms with E-state index in [2.05, 4.69) is 22.1 Å². The van der Waals surface area contributed by atoms with Gasteiger partial charge in [0.15, 0.2) is 0 Å². The lowest BCUT2D eigenvalue weighted by Crippen LogP contribution is -2.15. The number of hydrogen-bond donors (Lipinski definition) is 2. The number of rotatable bonds is 6. The summed E-state index contributed by atoms with van der Waals surface area (Å²) in [6.45, 7) is 2.92. The third-order valence-corrected chi connectivity index (χ3v) is 2.17. The molecule has 0 spiro atoms. The van der Waals surface area contributed by atoms with Crippen LogP contribution in [0.5, 0.6) is 0 Å². The number of aromatic nitrogens is 1. The van der Waals surface area contributed by atoms with Crippen molar-refractivity contribution >= 4 is 11.7 Å². The molecule has 102 valence electrons. The zero-order valence-electron chi connectivity index (χ0n) is 11.0. The number of carbonyl (C=O) groups is 1. The first-order valence-electron chi connectivity index (χ1n) is 6.19. The first kappa shape index (κ1) is 15.2. The highest BCUT2D eigenvalue weighted by atomic mass is 16.5. The topological polar surface area (TPSA) is 71.5 Å². The van der Waals surface area contributed by atoms with Crippen LogP contribution in [0, 0.1) is 11.8 Å². The Morgan fingerprint density at radius 3 is 3.16 bits per heavy atom. The van der Waals surface area contributed by atoms with E-state index in [1.165, 1.54) is 0 Å². The molecule has 1 aromatic rings. The highest BCUT2D eigenvalue weighted by molar-refractivity contribution is 5.89. The van der Waals surface area contributed by atoms with Gasteiger partial charge in [0.1, 0.15) is 5.82 Å². The number of ether oxygens (including phenoxy) is 1. The molecular weight excluding hydrogens is 244 g/mol. The Bertz CT molecular complexity index is 463. The van der Waals surface area contributed by atoms with Crippen molar-refractivity contribution in [2.45, 2.75) is 19.8 Å². The predicted octanol–water partition coefficient (Wildman–Crippen LogP) is 1.18. The van der Waals surface area contributed by atoms with Crippen LogP contribution in [-0.4, -0.2) is 35.8 Å². The molecular formula is C14H18N2O3. The Hall–Kier alpha value is -1.90. The number of pyridine rings is 1. The van der Waals surface area contributed by atoms with Crippen LogP contribution in [0.25, 0.3) is 0 Å². The van der Waals surface area contributed by atoms with Crippen molar-refractivity contribution in [3.8, 4) is 11.8 Å². The van der Waals surface area contributed by atoms with E-state index >= 15 is 0 Å². The Morgan fingerprint density at radius 2 is 2.42 bits per heavy atom. The maximum atomic E-state index is 11.6. The minimum Gasteiger partial charge on any atom is -0.395 e. The molecule has 0 saturated heterocycles. The van der Waals surface area contributed by atoms with Gasteiger partial charge in [-0.2, -0.15) is 0 Å².